The number of hydrogen-bond donors (Lipinski definition) is 0. The highest BCUT2D eigenvalue weighted by Crippen LogP contribution is 2.36. The van der Waals surface area contributed by atoms with Gasteiger partial charge in [-0.1, -0.05) is 30.3 Å². The van der Waals surface area contributed by atoms with Gasteiger partial charge in [-0.05, 0) is 50.5 Å². The maximum Gasteiger partial charge on any atom is 0.157 e. The molecule has 0 radical (unpaired) electrons. The molecule has 154 valence electrons. The Bertz CT molecular complexity index is 605. The first kappa shape index (κ1) is 21.2. The topological polar surface area (TPSA) is 61.8 Å². The second-order valence-electron chi connectivity index (χ2n) is 7.88. The molecule has 5 heteroatoms. The van der Waals surface area contributed by atoms with E-state index in [-0.39, 0.29) is 24.5 Å². The van der Waals surface area contributed by atoms with E-state index in [0.29, 0.717) is 38.9 Å². The lowest BCUT2D eigenvalue weighted by Crippen LogP contribution is -2.46. The van der Waals surface area contributed by atoms with Gasteiger partial charge in [-0.2, -0.15) is 0 Å². The standard InChI is InChI=1S/C23H32O5/c24-20-11-8-12-21(25)23(20,18-26-17-19-9-2-1-3-10-19)14-5-7-16-28-22-13-4-6-15-27-22/h1-3,9-10,22H,4-8,11-18H2. The van der Waals surface area contributed by atoms with E-state index < -0.39 is 5.41 Å². The number of benzene rings is 1. The first-order valence-electron chi connectivity index (χ1n) is 10.6. The Labute approximate surface area is 167 Å². The summed E-state index contributed by atoms with van der Waals surface area (Å²) < 4.78 is 17.2. The summed E-state index contributed by atoms with van der Waals surface area (Å²) in [6, 6.07) is 9.85. The van der Waals surface area contributed by atoms with Gasteiger partial charge in [-0.15, -0.1) is 0 Å². The Morgan fingerprint density at radius 1 is 1.00 bits per heavy atom. The fraction of sp³-hybridized carbons (Fsp3) is 0.652. The first-order valence-corrected chi connectivity index (χ1v) is 10.6. The largest absolute Gasteiger partial charge is 0.375 e. The zero-order valence-corrected chi connectivity index (χ0v) is 16.7. The molecule has 0 N–H and O–H groups in total. The zero-order valence-electron chi connectivity index (χ0n) is 16.7. The van der Waals surface area contributed by atoms with Gasteiger partial charge in [-0.25, -0.2) is 0 Å². The molecule has 1 aliphatic carbocycles. The van der Waals surface area contributed by atoms with Crippen LogP contribution in [0, 0.1) is 5.41 Å². The van der Waals surface area contributed by atoms with Crippen LogP contribution in [0.2, 0.25) is 0 Å². The van der Waals surface area contributed by atoms with Crippen molar-refractivity contribution in [1.82, 2.24) is 0 Å². The van der Waals surface area contributed by atoms with Crippen molar-refractivity contribution < 1.29 is 23.8 Å². The van der Waals surface area contributed by atoms with Crippen LogP contribution in [0.3, 0.4) is 0 Å². The molecular weight excluding hydrogens is 356 g/mol. The van der Waals surface area contributed by atoms with Crippen LogP contribution in [-0.4, -0.2) is 37.7 Å². The van der Waals surface area contributed by atoms with E-state index in [2.05, 4.69) is 0 Å². The quantitative estimate of drug-likeness (QED) is 0.443. The van der Waals surface area contributed by atoms with Crippen molar-refractivity contribution in [3.8, 4) is 0 Å². The molecule has 0 spiro atoms. The molecule has 1 aromatic rings. The predicted molar refractivity (Wildman–Crippen MR) is 106 cm³/mol. The maximum atomic E-state index is 12.7. The number of hydrogen-bond acceptors (Lipinski definition) is 5. The van der Waals surface area contributed by atoms with Crippen LogP contribution in [0.1, 0.15) is 63.4 Å². The molecular formula is C23H32O5. The molecule has 1 saturated carbocycles. The number of rotatable bonds is 10. The van der Waals surface area contributed by atoms with Crippen molar-refractivity contribution in [2.24, 2.45) is 5.41 Å². The van der Waals surface area contributed by atoms with Crippen molar-refractivity contribution in [1.29, 1.82) is 0 Å². The Morgan fingerprint density at radius 2 is 1.79 bits per heavy atom. The number of Topliss-reactive ketones (excluding diaryl/α,β-unsaturated/α-hetero) is 2. The highest BCUT2D eigenvalue weighted by atomic mass is 16.7. The van der Waals surface area contributed by atoms with Crippen molar-refractivity contribution in [3.63, 3.8) is 0 Å². The normalized spacial score (nSPS) is 22.4. The lowest BCUT2D eigenvalue weighted by atomic mass is 9.69. The lowest BCUT2D eigenvalue weighted by molar-refractivity contribution is -0.163. The van der Waals surface area contributed by atoms with Gasteiger partial charge in [0.15, 0.2) is 6.29 Å². The summed E-state index contributed by atoms with van der Waals surface area (Å²) in [4.78, 5) is 25.5. The van der Waals surface area contributed by atoms with E-state index in [1.807, 2.05) is 30.3 Å². The molecule has 0 aromatic heterocycles. The van der Waals surface area contributed by atoms with Gasteiger partial charge in [0.05, 0.1) is 13.2 Å². The highest BCUT2D eigenvalue weighted by Gasteiger charge is 2.46. The molecule has 1 unspecified atom stereocenters. The molecule has 1 saturated heterocycles. The van der Waals surface area contributed by atoms with Crippen molar-refractivity contribution in [2.75, 3.05) is 19.8 Å². The van der Waals surface area contributed by atoms with Crippen molar-refractivity contribution in [3.05, 3.63) is 35.9 Å². The van der Waals surface area contributed by atoms with Crippen LogP contribution in [-0.2, 0) is 30.4 Å². The van der Waals surface area contributed by atoms with Crippen LogP contribution in [0.5, 0.6) is 0 Å². The summed E-state index contributed by atoms with van der Waals surface area (Å²) in [7, 11) is 0. The number of carbonyl (C=O) groups is 2. The van der Waals surface area contributed by atoms with Gasteiger partial charge >= 0.3 is 0 Å². The number of ketones is 2. The molecule has 1 aromatic carbocycles. The van der Waals surface area contributed by atoms with E-state index in [0.717, 1.165) is 44.3 Å². The van der Waals surface area contributed by atoms with Gasteiger partial charge in [0, 0.05) is 26.1 Å². The van der Waals surface area contributed by atoms with Crippen molar-refractivity contribution >= 4 is 11.6 Å². The van der Waals surface area contributed by atoms with E-state index in [1.165, 1.54) is 0 Å². The lowest BCUT2D eigenvalue weighted by Gasteiger charge is -2.34. The van der Waals surface area contributed by atoms with E-state index >= 15 is 0 Å². The average Bonchev–Trinajstić information content (AvgIpc) is 2.73. The number of ether oxygens (including phenoxy) is 3. The van der Waals surface area contributed by atoms with E-state index in [9.17, 15) is 9.59 Å². The van der Waals surface area contributed by atoms with Gasteiger partial charge < -0.3 is 14.2 Å². The highest BCUT2D eigenvalue weighted by molar-refractivity contribution is 6.09. The van der Waals surface area contributed by atoms with Gasteiger partial charge in [0.1, 0.15) is 17.0 Å². The number of unbranched alkanes of at least 4 members (excludes halogenated alkanes) is 1. The summed E-state index contributed by atoms with van der Waals surface area (Å²) in [5, 5.41) is 0. The van der Waals surface area contributed by atoms with E-state index in [1.54, 1.807) is 0 Å². The number of carbonyl (C=O) groups excluding carboxylic acids is 2. The third-order valence-corrected chi connectivity index (χ3v) is 5.77. The van der Waals surface area contributed by atoms with E-state index in [4.69, 9.17) is 14.2 Å². The molecule has 0 amide bonds. The fourth-order valence-electron chi connectivity index (χ4n) is 4.06. The summed E-state index contributed by atoms with van der Waals surface area (Å²) in [5.41, 5.74) is 0.0863. The minimum absolute atomic E-state index is 0.0494. The average molecular weight is 389 g/mol. The minimum Gasteiger partial charge on any atom is -0.375 e. The molecule has 0 bridgehead atoms. The van der Waals surface area contributed by atoms with Crippen LogP contribution in [0.15, 0.2) is 30.3 Å². The SMILES string of the molecule is O=C1CCCC(=O)C1(CCCCOC1CCCCO1)COCc1ccccc1. The monoisotopic (exact) mass is 388 g/mol. The third kappa shape index (κ3) is 5.72. The van der Waals surface area contributed by atoms with Crippen LogP contribution in [0.4, 0.5) is 0 Å². The maximum absolute atomic E-state index is 12.7. The Morgan fingerprint density at radius 3 is 2.50 bits per heavy atom. The molecule has 1 aliphatic heterocycles. The molecule has 1 heterocycles. The summed E-state index contributed by atoms with van der Waals surface area (Å²) in [5.74, 6) is 0.0988. The summed E-state index contributed by atoms with van der Waals surface area (Å²) in [6.45, 7) is 1.99. The third-order valence-electron chi connectivity index (χ3n) is 5.77. The molecule has 5 nitrogen and oxygen atoms in total. The van der Waals surface area contributed by atoms with Gasteiger partial charge in [0.25, 0.3) is 0 Å². The molecule has 2 fully saturated rings. The van der Waals surface area contributed by atoms with Gasteiger partial charge in [-0.3, -0.25) is 9.59 Å². The Hall–Kier alpha value is -1.56. The van der Waals surface area contributed by atoms with Crippen LogP contribution >= 0.6 is 0 Å². The second kappa shape index (κ2) is 10.8. The molecule has 28 heavy (non-hydrogen) atoms. The second-order valence-corrected chi connectivity index (χ2v) is 7.88. The van der Waals surface area contributed by atoms with Gasteiger partial charge in [0.2, 0.25) is 0 Å². The molecule has 1 atom stereocenters. The minimum atomic E-state index is -0.964. The molecule has 2 aliphatic rings. The summed E-state index contributed by atoms with van der Waals surface area (Å²) in [6.07, 6.45) is 6.89. The predicted octanol–water partition coefficient (Wildman–Crippen LogP) is 4.23. The first-order chi connectivity index (χ1) is 13.7. The Balaban J connectivity index is 1.48. The van der Waals surface area contributed by atoms with Crippen LogP contribution in [0.25, 0.3) is 0 Å². The Kier molecular flexibility index (Phi) is 8.19. The van der Waals surface area contributed by atoms with Crippen molar-refractivity contribution in [2.45, 2.75) is 70.7 Å². The smallest absolute Gasteiger partial charge is 0.157 e. The summed E-state index contributed by atoms with van der Waals surface area (Å²) >= 11 is 0. The molecule has 3 rings (SSSR count). The zero-order chi connectivity index (χ0) is 19.7. The van der Waals surface area contributed by atoms with Crippen LogP contribution < -0.4 is 0 Å². The fourth-order valence-corrected chi connectivity index (χ4v) is 4.06.